The largest absolute Gasteiger partial charge is 0.494 e. The Labute approximate surface area is 170 Å². The molecule has 0 saturated carbocycles. The second-order valence-electron chi connectivity index (χ2n) is 5.91. The van der Waals surface area contributed by atoms with E-state index in [2.05, 4.69) is 29.6 Å². The topological polar surface area (TPSA) is 70.7 Å². The summed E-state index contributed by atoms with van der Waals surface area (Å²) in [4.78, 5) is 27.3. The molecule has 2 aromatic carbocycles. The van der Waals surface area contributed by atoms with Crippen LogP contribution in [0.4, 0.5) is 5.69 Å². The van der Waals surface area contributed by atoms with Gasteiger partial charge in [-0.3, -0.25) is 20.4 Å². The van der Waals surface area contributed by atoms with Gasteiger partial charge in [0.25, 0.3) is 5.91 Å². The van der Waals surface area contributed by atoms with Gasteiger partial charge in [0.2, 0.25) is 5.91 Å². The molecular formula is C21H27N3O3S. The van der Waals surface area contributed by atoms with Crippen LogP contribution in [0.2, 0.25) is 0 Å². The van der Waals surface area contributed by atoms with Crippen molar-refractivity contribution in [3.8, 4) is 5.75 Å². The number of anilines is 1. The SMILES string of the molecule is CCOc1ccc(SCC(=O)NNC(=O)c2ccc(N(CC)CC)cc2)cc1. The van der Waals surface area contributed by atoms with Crippen molar-refractivity contribution in [3.05, 3.63) is 54.1 Å². The summed E-state index contributed by atoms with van der Waals surface area (Å²) < 4.78 is 5.39. The minimum atomic E-state index is -0.342. The van der Waals surface area contributed by atoms with E-state index in [1.165, 1.54) is 11.8 Å². The fraction of sp³-hybridized carbons (Fsp3) is 0.333. The number of amides is 2. The molecule has 0 bridgehead atoms. The molecule has 0 atom stereocenters. The highest BCUT2D eigenvalue weighted by molar-refractivity contribution is 8.00. The summed E-state index contributed by atoms with van der Waals surface area (Å²) >= 11 is 1.39. The molecule has 6 nitrogen and oxygen atoms in total. The molecule has 0 aliphatic heterocycles. The molecule has 0 aromatic heterocycles. The van der Waals surface area contributed by atoms with E-state index in [0.29, 0.717) is 12.2 Å². The molecule has 0 unspecified atom stereocenters. The lowest BCUT2D eigenvalue weighted by atomic mass is 10.2. The first-order valence-corrected chi connectivity index (χ1v) is 10.4. The second kappa shape index (κ2) is 11.2. The van der Waals surface area contributed by atoms with Crippen LogP contribution in [-0.4, -0.2) is 37.3 Å². The Morgan fingerprint density at radius 3 is 2.14 bits per heavy atom. The first kappa shape index (κ1) is 21.6. The molecule has 0 saturated heterocycles. The number of rotatable bonds is 9. The van der Waals surface area contributed by atoms with Crippen molar-refractivity contribution in [1.82, 2.24) is 10.9 Å². The van der Waals surface area contributed by atoms with Gasteiger partial charge >= 0.3 is 0 Å². The first-order chi connectivity index (χ1) is 13.6. The number of nitrogens with zero attached hydrogens (tertiary/aromatic N) is 1. The third-order valence-corrected chi connectivity index (χ3v) is 5.09. The Bertz CT molecular complexity index is 759. The zero-order valence-electron chi connectivity index (χ0n) is 16.5. The van der Waals surface area contributed by atoms with E-state index in [9.17, 15) is 9.59 Å². The normalized spacial score (nSPS) is 10.2. The van der Waals surface area contributed by atoms with Crippen LogP contribution in [0.5, 0.6) is 5.75 Å². The third-order valence-electron chi connectivity index (χ3n) is 4.08. The maximum Gasteiger partial charge on any atom is 0.269 e. The van der Waals surface area contributed by atoms with Crippen molar-refractivity contribution < 1.29 is 14.3 Å². The van der Waals surface area contributed by atoms with Crippen LogP contribution in [0.1, 0.15) is 31.1 Å². The van der Waals surface area contributed by atoms with Crippen molar-refractivity contribution >= 4 is 29.3 Å². The average molecular weight is 402 g/mol. The number of carbonyl (C=O) groups excluding carboxylic acids is 2. The molecule has 28 heavy (non-hydrogen) atoms. The van der Waals surface area contributed by atoms with Crippen LogP contribution in [-0.2, 0) is 4.79 Å². The van der Waals surface area contributed by atoms with E-state index in [1.807, 2.05) is 43.3 Å². The number of hydrogen-bond donors (Lipinski definition) is 2. The summed E-state index contributed by atoms with van der Waals surface area (Å²) in [5.41, 5.74) is 6.46. The number of benzene rings is 2. The monoisotopic (exact) mass is 401 g/mol. The maximum atomic E-state index is 12.2. The zero-order chi connectivity index (χ0) is 20.4. The lowest BCUT2D eigenvalue weighted by Crippen LogP contribution is -2.42. The van der Waals surface area contributed by atoms with E-state index in [-0.39, 0.29) is 17.6 Å². The highest BCUT2D eigenvalue weighted by Gasteiger charge is 2.09. The highest BCUT2D eigenvalue weighted by Crippen LogP contribution is 2.21. The van der Waals surface area contributed by atoms with Crippen molar-refractivity contribution in [1.29, 1.82) is 0 Å². The van der Waals surface area contributed by atoms with Crippen LogP contribution < -0.4 is 20.5 Å². The Balaban J connectivity index is 1.78. The fourth-order valence-corrected chi connectivity index (χ4v) is 3.29. The molecule has 0 radical (unpaired) electrons. The number of carbonyl (C=O) groups is 2. The smallest absolute Gasteiger partial charge is 0.269 e. The van der Waals surface area contributed by atoms with Crippen LogP contribution in [0.3, 0.4) is 0 Å². The van der Waals surface area contributed by atoms with Gasteiger partial charge in [-0.05, 0) is 69.3 Å². The number of hydrazine groups is 1. The summed E-state index contributed by atoms with van der Waals surface area (Å²) in [5, 5.41) is 0. The summed E-state index contributed by atoms with van der Waals surface area (Å²) in [6.07, 6.45) is 0. The Morgan fingerprint density at radius 1 is 0.929 bits per heavy atom. The molecule has 0 fully saturated rings. The van der Waals surface area contributed by atoms with Gasteiger partial charge in [0.05, 0.1) is 12.4 Å². The van der Waals surface area contributed by atoms with E-state index < -0.39 is 0 Å². The average Bonchev–Trinajstić information content (AvgIpc) is 2.73. The Hall–Kier alpha value is -2.67. The molecule has 0 heterocycles. The lowest BCUT2D eigenvalue weighted by molar-refractivity contribution is -0.119. The third kappa shape index (κ3) is 6.49. The van der Waals surface area contributed by atoms with E-state index >= 15 is 0 Å². The van der Waals surface area contributed by atoms with Gasteiger partial charge in [-0.1, -0.05) is 0 Å². The minimum absolute atomic E-state index is 0.204. The molecule has 0 aliphatic carbocycles. The van der Waals surface area contributed by atoms with Crippen LogP contribution >= 0.6 is 11.8 Å². The van der Waals surface area contributed by atoms with Gasteiger partial charge in [0, 0.05) is 29.2 Å². The fourth-order valence-electron chi connectivity index (χ4n) is 2.59. The molecular weight excluding hydrogens is 374 g/mol. The van der Waals surface area contributed by atoms with Crippen LogP contribution in [0, 0.1) is 0 Å². The van der Waals surface area contributed by atoms with Gasteiger partial charge in [0.1, 0.15) is 5.75 Å². The molecule has 0 spiro atoms. The van der Waals surface area contributed by atoms with E-state index in [1.54, 1.807) is 12.1 Å². The van der Waals surface area contributed by atoms with Crippen LogP contribution in [0.25, 0.3) is 0 Å². The minimum Gasteiger partial charge on any atom is -0.494 e. The summed E-state index contributed by atoms with van der Waals surface area (Å²) in [6, 6.07) is 14.9. The zero-order valence-corrected chi connectivity index (χ0v) is 17.3. The van der Waals surface area contributed by atoms with E-state index in [0.717, 1.165) is 29.4 Å². The molecule has 2 aromatic rings. The summed E-state index contributed by atoms with van der Waals surface area (Å²) in [5.74, 6) is 0.392. The molecule has 150 valence electrons. The number of ether oxygens (including phenoxy) is 1. The second-order valence-corrected chi connectivity index (χ2v) is 6.96. The van der Waals surface area contributed by atoms with Crippen molar-refractivity contribution in [2.75, 3.05) is 30.3 Å². The summed E-state index contributed by atoms with van der Waals surface area (Å²) in [6.45, 7) is 8.54. The molecule has 0 aliphatic rings. The Kier molecular flexibility index (Phi) is 8.68. The van der Waals surface area contributed by atoms with Gasteiger partial charge in [-0.15, -0.1) is 11.8 Å². The lowest BCUT2D eigenvalue weighted by Gasteiger charge is -2.21. The van der Waals surface area contributed by atoms with Crippen molar-refractivity contribution in [2.24, 2.45) is 0 Å². The van der Waals surface area contributed by atoms with Gasteiger partial charge < -0.3 is 9.64 Å². The quantitative estimate of drug-likeness (QED) is 0.497. The maximum absolute atomic E-state index is 12.2. The van der Waals surface area contributed by atoms with Crippen LogP contribution in [0.15, 0.2) is 53.4 Å². The molecule has 2 N–H and O–H groups in total. The molecule has 2 rings (SSSR count). The standard InChI is InChI=1S/C21H27N3O3S/c1-4-24(5-2)17-9-7-16(8-10-17)21(26)23-22-20(25)15-28-19-13-11-18(12-14-19)27-6-3/h7-14H,4-6,15H2,1-3H3,(H,22,25)(H,23,26). The first-order valence-electron chi connectivity index (χ1n) is 9.37. The van der Waals surface area contributed by atoms with Gasteiger partial charge in [-0.2, -0.15) is 0 Å². The number of thioether (sulfide) groups is 1. The number of nitrogens with one attached hydrogen (secondary N) is 2. The van der Waals surface area contributed by atoms with Gasteiger partial charge in [-0.25, -0.2) is 0 Å². The van der Waals surface area contributed by atoms with Gasteiger partial charge in [0.15, 0.2) is 0 Å². The molecule has 2 amide bonds. The van der Waals surface area contributed by atoms with Crippen molar-refractivity contribution in [2.45, 2.75) is 25.7 Å². The summed E-state index contributed by atoms with van der Waals surface area (Å²) in [7, 11) is 0. The van der Waals surface area contributed by atoms with Crippen molar-refractivity contribution in [3.63, 3.8) is 0 Å². The number of hydrogen-bond acceptors (Lipinski definition) is 5. The highest BCUT2D eigenvalue weighted by atomic mass is 32.2. The predicted octanol–water partition coefficient (Wildman–Crippen LogP) is 3.48. The van der Waals surface area contributed by atoms with E-state index in [4.69, 9.17) is 4.74 Å². The predicted molar refractivity (Wildman–Crippen MR) is 114 cm³/mol. The molecule has 7 heteroatoms. The Morgan fingerprint density at radius 2 is 1.57 bits per heavy atom.